The molecule has 0 radical (unpaired) electrons. The first-order chi connectivity index (χ1) is 9.54. The van der Waals surface area contributed by atoms with Crippen LogP contribution in [0.15, 0.2) is 17.3 Å². The Hall–Kier alpha value is -1.45. The number of hydrogen-bond donors (Lipinski definition) is 5. The average molecular weight is 317 g/mol. The lowest BCUT2D eigenvalue weighted by Crippen LogP contribution is -2.35. The molecular formula is C12H17ClN4O4. The third kappa shape index (κ3) is 2.34. The van der Waals surface area contributed by atoms with Gasteiger partial charge in [0.15, 0.2) is 0 Å². The minimum Gasteiger partial charge on any atom is -0.395 e. The monoisotopic (exact) mass is 316 g/mol. The number of aliphatic hydroxyl groups excluding tert-OH is 3. The van der Waals surface area contributed by atoms with Crippen LogP contribution in [0.5, 0.6) is 0 Å². The number of aryl methyl sites for hydroxylation is 1. The molecule has 4 atom stereocenters. The van der Waals surface area contributed by atoms with Crippen molar-refractivity contribution in [1.29, 1.82) is 0 Å². The predicted octanol–water partition coefficient (Wildman–Crippen LogP) is -1.59. The molecule has 3 heterocycles. The summed E-state index contributed by atoms with van der Waals surface area (Å²) in [5, 5.41) is 32.1. The van der Waals surface area contributed by atoms with Crippen LogP contribution in [-0.4, -0.2) is 54.7 Å². The molecule has 0 bridgehead atoms. The topological polar surface area (TPSA) is 123 Å². The molecule has 0 amide bonds. The standard InChI is InChI=1S/C12H16N4O4.ClH/c1-16-2-5(7-9(16)12(20)14-4-13-7)8-11(19)10(18)6(3-17)15-8;/h2,4,6,8,10-11,15,17-19H,3H2,1H3,(H,13,14,20);1H/t6-,8+,10+,11?;/m1./s1. The summed E-state index contributed by atoms with van der Waals surface area (Å²) in [4.78, 5) is 18.5. The fourth-order valence-corrected chi connectivity index (χ4v) is 2.79. The van der Waals surface area contributed by atoms with Crippen molar-refractivity contribution in [3.8, 4) is 0 Å². The highest BCUT2D eigenvalue weighted by Crippen LogP contribution is 2.31. The number of nitrogens with zero attached hydrogens (tertiary/aromatic N) is 2. The number of H-pyrrole nitrogens is 1. The molecule has 0 aromatic carbocycles. The summed E-state index contributed by atoms with van der Waals surface area (Å²) in [6.07, 6.45) is 0.858. The summed E-state index contributed by atoms with van der Waals surface area (Å²) in [6, 6.07) is -1.19. The van der Waals surface area contributed by atoms with E-state index in [1.165, 1.54) is 6.33 Å². The second-order valence-electron chi connectivity index (χ2n) is 5.04. The Kier molecular flexibility index (Phi) is 4.35. The minimum atomic E-state index is -1.07. The summed E-state index contributed by atoms with van der Waals surface area (Å²) in [6.45, 7) is -0.284. The van der Waals surface area contributed by atoms with Crippen LogP contribution in [0.3, 0.4) is 0 Å². The molecule has 1 aliphatic rings. The van der Waals surface area contributed by atoms with Gasteiger partial charge in [0.25, 0.3) is 5.56 Å². The fourth-order valence-electron chi connectivity index (χ4n) is 2.79. The number of nitrogens with one attached hydrogen (secondary N) is 2. The first-order valence-electron chi connectivity index (χ1n) is 6.30. The van der Waals surface area contributed by atoms with E-state index in [1.807, 2.05) is 0 Å². The van der Waals surface area contributed by atoms with Gasteiger partial charge in [-0.05, 0) is 0 Å². The minimum absolute atomic E-state index is 0. The van der Waals surface area contributed by atoms with E-state index in [-0.39, 0.29) is 24.6 Å². The molecule has 21 heavy (non-hydrogen) atoms. The van der Waals surface area contributed by atoms with E-state index >= 15 is 0 Å². The first kappa shape index (κ1) is 15.9. The third-order valence-electron chi connectivity index (χ3n) is 3.82. The van der Waals surface area contributed by atoms with Crippen LogP contribution >= 0.6 is 12.4 Å². The summed E-state index contributed by atoms with van der Waals surface area (Å²) in [7, 11) is 1.71. The Morgan fingerprint density at radius 2 is 2.10 bits per heavy atom. The van der Waals surface area contributed by atoms with Gasteiger partial charge in [-0.2, -0.15) is 0 Å². The molecule has 8 nitrogen and oxygen atoms in total. The smallest absolute Gasteiger partial charge is 0.275 e. The second kappa shape index (κ2) is 5.74. The highest BCUT2D eigenvalue weighted by atomic mass is 35.5. The van der Waals surface area contributed by atoms with Crippen molar-refractivity contribution in [2.75, 3.05) is 6.61 Å². The van der Waals surface area contributed by atoms with Crippen LogP contribution in [0.1, 0.15) is 11.6 Å². The molecule has 1 unspecified atom stereocenters. The number of aromatic nitrogens is 3. The van der Waals surface area contributed by atoms with E-state index in [0.29, 0.717) is 16.6 Å². The summed E-state index contributed by atoms with van der Waals surface area (Å²) >= 11 is 0. The number of rotatable bonds is 2. The number of aliphatic hydroxyl groups is 3. The zero-order chi connectivity index (χ0) is 14.4. The second-order valence-corrected chi connectivity index (χ2v) is 5.04. The quantitative estimate of drug-likeness (QED) is 0.455. The lowest BCUT2D eigenvalue weighted by Gasteiger charge is -2.14. The van der Waals surface area contributed by atoms with Crippen LogP contribution < -0.4 is 10.9 Å². The molecule has 2 aromatic rings. The molecule has 2 aromatic heterocycles. The molecular weight excluding hydrogens is 300 g/mol. The van der Waals surface area contributed by atoms with Crippen molar-refractivity contribution in [2.45, 2.75) is 24.3 Å². The van der Waals surface area contributed by atoms with E-state index in [1.54, 1.807) is 17.8 Å². The summed E-state index contributed by atoms with van der Waals surface area (Å²) < 4.78 is 1.63. The predicted molar refractivity (Wildman–Crippen MR) is 77.3 cm³/mol. The van der Waals surface area contributed by atoms with Crippen molar-refractivity contribution < 1.29 is 15.3 Å². The number of aromatic amines is 1. The van der Waals surface area contributed by atoms with Crippen molar-refractivity contribution in [2.24, 2.45) is 7.05 Å². The average Bonchev–Trinajstić information content (AvgIpc) is 2.90. The number of hydrogen-bond acceptors (Lipinski definition) is 6. The molecule has 1 fully saturated rings. The largest absolute Gasteiger partial charge is 0.395 e. The molecule has 9 heteroatoms. The Bertz CT molecular complexity index is 700. The summed E-state index contributed by atoms with van der Waals surface area (Å²) in [5.41, 5.74) is 1.23. The highest BCUT2D eigenvalue weighted by molar-refractivity contribution is 5.85. The van der Waals surface area contributed by atoms with E-state index < -0.39 is 24.3 Å². The maximum absolute atomic E-state index is 11.8. The van der Waals surface area contributed by atoms with Gasteiger partial charge in [0.05, 0.1) is 31.1 Å². The van der Waals surface area contributed by atoms with Crippen LogP contribution in [-0.2, 0) is 7.05 Å². The first-order valence-corrected chi connectivity index (χ1v) is 6.30. The van der Waals surface area contributed by atoms with Gasteiger partial charge in [0.1, 0.15) is 17.1 Å². The molecule has 3 rings (SSSR count). The molecule has 0 aliphatic carbocycles. The molecule has 0 saturated carbocycles. The number of halogens is 1. The third-order valence-corrected chi connectivity index (χ3v) is 3.82. The van der Waals surface area contributed by atoms with E-state index in [0.717, 1.165) is 0 Å². The lowest BCUT2D eigenvalue weighted by molar-refractivity contribution is 0.0195. The summed E-state index contributed by atoms with van der Waals surface area (Å²) in [5.74, 6) is 0. The lowest BCUT2D eigenvalue weighted by atomic mass is 10.0. The van der Waals surface area contributed by atoms with Crippen molar-refractivity contribution >= 4 is 23.4 Å². The zero-order valence-corrected chi connectivity index (χ0v) is 12.0. The van der Waals surface area contributed by atoms with Crippen molar-refractivity contribution in [1.82, 2.24) is 19.9 Å². The molecule has 1 saturated heterocycles. The van der Waals surface area contributed by atoms with Gasteiger partial charge in [-0.1, -0.05) is 0 Å². The van der Waals surface area contributed by atoms with Crippen LogP contribution in [0.25, 0.3) is 11.0 Å². The molecule has 0 spiro atoms. The maximum Gasteiger partial charge on any atom is 0.275 e. The zero-order valence-electron chi connectivity index (χ0n) is 11.2. The van der Waals surface area contributed by atoms with E-state index in [4.69, 9.17) is 0 Å². The molecule has 5 N–H and O–H groups in total. The van der Waals surface area contributed by atoms with Gasteiger partial charge in [0, 0.05) is 18.8 Å². The van der Waals surface area contributed by atoms with E-state index in [2.05, 4.69) is 15.3 Å². The van der Waals surface area contributed by atoms with Crippen LogP contribution in [0, 0.1) is 0 Å². The SMILES string of the molecule is Cl.Cn1cc([C@@H]2N[C@H](CO)[C@H](O)C2O)c2nc[nH]c(=O)c21. The van der Waals surface area contributed by atoms with Gasteiger partial charge in [-0.25, -0.2) is 4.98 Å². The Morgan fingerprint density at radius 1 is 1.38 bits per heavy atom. The Morgan fingerprint density at radius 3 is 2.71 bits per heavy atom. The molecule has 116 valence electrons. The van der Waals surface area contributed by atoms with Crippen molar-refractivity contribution in [3.05, 3.63) is 28.4 Å². The van der Waals surface area contributed by atoms with E-state index in [9.17, 15) is 20.1 Å². The van der Waals surface area contributed by atoms with Crippen molar-refractivity contribution in [3.63, 3.8) is 0 Å². The van der Waals surface area contributed by atoms with Gasteiger partial charge < -0.3 is 30.2 Å². The maximum atomic E-state index is 11.8. The van der Waals surface area contributed by atoms with Gasteiger partial charge in [-0.15, -0.1) is 12.4 Å². The highest BCUT2D eigenvalue weighted by Gasteiger charge is 2.42. The Labute approximate surface area is 125 Å². The normalized spacial score (nSPS) is 28.8. The van der Waals surface area contributed by atoms with Crippen LogP contribution in [0.2, 0.25) is 0 Å². The number of fused-ring (bicyclic) bond motifs is 1. The van der Waals surface area contributed by atoms with Crippen LogP contribution in [0.4, 0.5) is 0 Å². The van der Waals surface area contributed by atoms with Gasteiger partial charge >= 0.3 is 0 Å². The fraction of sp³-hybridized carbons (Fsp3) is 0.500. The Balaban J connectivity index is 0.00000161. The molecule has 1 aliphatic heterocycles. The van der Waals surface area contributed by atoms with Gasteiger partial charge in [0.2, 0.25) is 0 Å². The van der Waals surface area contributed by atoms with Gasteiger partial charge in [-0.3, -0.25) is 4.79 Å².